The first-order valence-electron chi connectivity index (χ1n) is 5.36. The number of carboxylic acids is 1. The molecule has 0 heterocycles. The maximum atomic E-state index is 11.7. The van der Waals surface area contributed by atoms with Gasteiger partial charge in [-0.2, -0.15) is 0 Å². The second-order valence-corrected chi connectivity index (χ2v) is 3.89. The lowest BCUT2D eigenvalue weighted by molar-refractivity contribution is -0.145. The fraction of sp³-hybridized carbons (Fsp3) is 0.800. The molecule has 1 rings (SSSR count). The fourth-order valence-corrected chi connectivity index (χ4v) is 1.52. The van der Waals surface area contributed by atoms with E-state index in [1.165, 1.54) is 4.90 Å². The van der Waals surface area contributed by atoms with E-state index in [0.717, 1.165) is 25.7 Å². The van der Waals surface area contributed by atoms with Gasteiger partial charge in [0.05, 0.1) is 0 Å². The zero-order valence-corrected chi connectivity index (χ0v) is 8.82. The Morgan fingerprint density at radius 1 is 1.33 bits per heavy atom. The van der Waals surface area contributed by atoms with Gasteiger partial charge in [-0.1, -0.05) is 0 Å². The Kier molecular flexibility index (Phi) is 4.55. The first-order chi connectivity index (χ1) is 7.15. The molecule has 3 N–H and O–H groups in total. The fourth-order valence-electron chi connectivity index (χ4n) is 1.52. The molecule has 0 aromatic carbocycles. The Balaban J connectivity index is 2.34. The summed E-state index contributed by atoms with van der Waals surface area (Å²) in [5.41, 5.74) is 5.32. The van der Waals surface area contributed by atoms with E-state index in [-0.39, 0.29) is 18.5 Å². The van der Waals surface area contributed by atoms with E-state index in [2.05, 4.69) is 0 Å². The van der Waals surface area contributed by atoms with Gasteiger partial charge < -0.3 is 15.7 Å². The molecule has 1 fully saturated rings. The highest BCUT2D eigenvalue weighted by Gasteiger charge is 2.33. The number of hydrogen-bond acceptors (Lipinski definition) is 3. The van der Waals surface area contributed by atoms with Crippen molar-refractivity contribution in [3.8, 4) is 0 Å². The maximum Gasteiger partial charge on any atom is 0.323 e. The van der Waals surface area contributed by atoms with Crippen molar-refractivity contribution >= 4 is 11.9 Å². The first-order valence-corrected chi connectivity index (χ1v) is 5.36. The van der Waals surface area contributed by atoms with Crippen molar-refractivity contribution in [3.63, 3.8) is 0 Å². The minimum absolute atomic E-state index is 0.0478. The van der Waals surface area contributed by atoms with Crippen LogP contribution in [-0.4, -0.2) is 41.0 Å². The zero-order chi connectivity index (χ0) is 11.3. The summed E-state index contributed by atoms with van der Waals surface area (Å²) in [6, 6.07) is 0.173. The molecular weight excluding hydrogens is 196 g/mol. The highest BCUT2D eigenvalue weighted by molar-refractivity contribution is 5.81. The number of amides is 1. The molecule has 1 aliphatic rings. The third-order valence-electron chi connectivity index (χ3n) is 2.46. The van der Waals surface area contributed by atoms with Gasteiger partial charge in [0.1, 0.15) is 6.54 Å². The number of carbonyl (C=O) groups excluding carboxylic acids is 1. The van der Waals surface area contributed by atoms with Crippen LogP contribution in [-0.2, 0) is 9.59 Å². The lowest BCUT2D eigenvalue weighted by Crippen LogP contribution is -2.37. The summed E-state index contributed by atoms with van der Waals surface area (Å²) in [7, 11) is 0. The highest BCUT2D eigenvalue weighted by atomic mass is 16.4. The van der Waals surface area contributed by atoms with Crippen molar-refractivity contribution in [2.24, 2.45) is 5.73 Å². The molecule has 5 heteroatoms. The predicted octanol–water partition coefficient (Wildman–Crippen LogP) is 0.191. The third kappa shape index (κ3) is 4.29. The summed E-state index contributed by atoms with van der Waals surface area (Å²) < 4.78 is 0. The number of aliphatic carboxylic acids is 1. The zero-order valence-electron chi connectivity index (χ0n) is 8.82. The molecule has 0 spiro atoms. The van der Waals surface area contributed by atoms with E-state index in [1.54, 1.807) is 0 Å². The molecule has 1 saturated carbocycles. The standard InChI is InChI=1S/C10H18N2O3/c11-6-2-1-3-9(13)12(7-10(14)15)8-4-5-8/h8H,1-7,11H2,(H,14,15). The largest absolute Gasteiger partial charge is 0.480 e. The van der Waals surface area contributed by atoms with Gasteiger partial charge in [0.25, 0.3) is 0 Å². The number of hydrogen-bond donors (Lipinski definition) is 2. The van der Waals surface area contributed by atoms with E-state index >= 15 is 0 Å². The van der Waals surface area contributed by atoms with Crippen molar-refractivity contribution in [3.05, 3.63) is 0 Å². The van der Waals surface area contributed by atoms with Crippen molar-refractivity contribution in [2.45, 2.75) is 38.1 Å². The molecule has 0 bridgehead atoms. The summed E-state index contributed by atoms with van der Waals surface area (Å²) in [5.74, 6) is -0.984. The van der Waals surface area contributed by atoms with Crippen molar-refractivity contribution in [1.29, 1.82) is 0 Å². The molecule has 0 aromatic heterocycles. The summed E-state index contributed by atoms with van der Waals surface area (Å²) in [5, 5.41) is 8.67. The van der Waals surface area contributed by atoms with Gasteiger partial charge in [-0.3, -0.25) is 9.59 Å². The predicted molar refractivity (Wildman–Crippen MR) is 55.3 cm³/mol. The van der Waals surface area contributed by atoms with Gasteiger partial charge in [-0.05, 0) is 32.2 Å². The molecule has 1 aliphatic carbocycles. The molecule has 1 amide bonds. The quantitative estimate of drug-likeness (QED) is 0.593. The number of carboxylic acid groups (broad SMARTS) is 1. The van der Waals surface area contributed by atoms with Crippen LogP contribution in [0.25, 0.3) is 0 Å². The molecule has 0 atom stereocenters. The van der Waals surface area contributed by atoms with Crippen LogP contribution >= 0.6 is 0 Å². The Morgan fingerprint density at radius 3 is 2.47 bits per heavy atom. The summed E-state index contributed by atoms with van der Waals surface area (Å²) in [6.07, 6.45) is 3.86. The minimum atomic E-state index is -0.936. The molecule has 0 aromatic rings. The molecular formula is C10H18N2O3. The summed E-state index contributed by atoms with van der Waals surface area (Å²) in [4.78, 5) is 23.7. The normalized spacial score (nSPS) is 15.0. The van der Waals surface area contributed by atoms with Gasteiger partial charge in [0.2, 0.25) is 5.91 Å². The maximum absolute atomic E-state index is 11.7. The van der Waals surface area contributed by atoms with E-state index in [4.69, 9.17) is 10.8 Å². The Bertz CT molecular complexity index is 239. The van der Waals surface area contributed by atoms with Gasteiger partial charge in [-0.25, -0.2) is 0 Å². The number of rotatable bonds is 7. The lowest BCUT2D eigenvalue weighted by atomic mass is 10.2. The number of carbonyl (C=O) groups is 2. The Labute approximate surface area is 89.2 Å². The Hall–Kier alpha value is -1.10. The summed E-state index contributed by atoms with van der Waals surface area (Å²) >= 11 is 0. The summed E-state index contributed by atoms with van der Waals surface area (Å²) in [6.45, 7) is 0.418. The van der Waals surface area contributed by atoms with Crippen LogP contribution in [0.3, 0.4) is 0 Å². The van der Waals surface area contributed by atoms with E-state index in [0.29, 0.717) is 13.0 Å². The molecule has 5 nitrogen and oxygen atoms in total. The second-order valence-electron chi connectivity index (χ2n) is 3.89. The van der Waals surface area contributed by atoms with Crippen LogP contribution in [0.4, 0.5) is 0 Å². The molecule has 0 aliphatic heterocycles. The monoisotopic (exact) mass is 214 g/mol. The Morgan fingerprint density at radius 2 is 2.00 bits per heavy atom. The average Bonchev–Trinajstić information content (AvgIpc) is 2.97. The van der Waals surface area contributed by atoms with Gasteiger partial charge in [0, 0.05) is 12.5 Å². The molecule has 86 valence electrons. The van der Waals surface area contributed by atoms with Gasteiger partial charge in [-0.15, -0.1) is 0 Å². The van der Waals surface area contributed by atoms with Crippen LogP contribution < -0.4 is 5.73 Å². The SMILES string of the molecule is NCCCCC(=O)N(CC(=O)O)C1CC1. The number of nitrogens with two attached hydrogens (primary N) is 1. The number of nitrogens with zero attached hydrogens (tertiary/aromatic N) is 1. The highest BCUT2D eigenvalue weighted by Crippen LogP contribution is 2.27. The molecule has 0 unspecified atom stereocenters. The van der Waals surface area contributed by atoms with Gasteiger partial charge >= 0.3 is 5.97 Å². The van der Waals surface area contributed by atoms with Crippen LogP contribution in [0.1, 0.15) is 32.1 Å². The van der Waals surface area contributed by atoms with Gasteiger partial charge in [0.15, 0.2) is 0 Å². The van der Waals surface area contributed by atoms with E-state index in [1.807, 2.05) is 0 Å². The van der Waals surface area contributed by atoms with Crippen molar-refractivity contribution in [2.75, 3.05) is 13.1 Å². The van der Waals surface area contributed by atoms with Crippen molar-refractivity contribution < 1.29 is 14.7 Å². The first kappa shape index (κ1) is 12.0. The van der Waals surface area contributed by atoms with E-state index in [9.17, 15) is 9.59 Å². The lowest BCUT2D eigenvalue weighted by Gasteiger charge is -2.19. The number of unbranched alkanes of at least 4 members (excludes halogenated alkanes) is 1. The van der Waals surface area contributed by atoms with Crippen LogP contribution in [0.15, 0.2) is 0 Å². The minimum Gasteiger partial charge on any atom is -0.480 e. The second kappa shape index (κ2) is 5.70. The topological polar surface area (TPSA) is 83.6 Å². The van der Waals surface area contributed by atoms with Crippen LogP contribution in [0.2, 0.25) is 0 Å². The van der Waals surface area contributed by atoms with Crippen molar-refractivity contribution in [1.82, 2.24) is 4.90 Å². The third-order valence-corrected chi connectivity index (χ3v) is 2.46. The molecule has 0 radical (unpaired) electrons. The smallest absolute Gasteiger partial charge is 0.323 e. The van der Waals surface area contributed by atoms with Crippen LogP contribution in [0, 0.1) is 0 Å². The molecule has 0 saturated heterocycles. The average molecular weight is 214 g/mol. The van der Waals surface area contributed by atoms with E-state index < -0.39 is 5.97 Å². The molecule has 15 heavy (non-hydrogen) atoms. The van der Waals surface area contributed by atoms with Crippen LogP contribution in [0.5, 0.6) is 0 Å².